The van der Waals surface area contributed by atoms with Gasteiger partial charge in [0.15, 0.2) is 0 Å². The number of nitriles is 1. The third-order valence-electron chi connectivity index (χ3n) is 5.02. The number of hydrogen-bond acceptors (Lipinski definition) is 4. The summed E-state index contributed by atoms with van der Waals surface area (Å²) in [6, 6.07) is 18.1. The van der Waals surface area contributed by atoms with Crippen molar-refractivity contribution in [3.63, 3.8) is 0 Å². The number of hydrogen-bond donors (Lipinski definition) is 0. The van der Waals surface area contributed by atoms with Crippen LogP contribution < -0.4 is 0 Å². The van der Waals surface area contributed by atoms with Crippen molar-refractivity contribution in [3.05, 3.63) is 65.2 Å². The van der Waals surface area contributed by atoms with E-state index in [4.69, 9.17) is 0 Å². The maximum atomic E-state index is 12.8. The van der Waals surface area contributed by atoms with Crippen LogP contribution in [0, 0.1) is 11.3 Å². The van der Waals surface area contributed by atoms with Crippen molar-refractivity contribution in [3.8, 4) is 6.07 Å². The molecule has 2 heterocycles. The molecule has 1 aromatic heterocycles. The predicted molar refractivity (Wildman–Crippen MR) is 98.5 cm³/mol. The minimum absolute atomic E-state index is 0.0369. The largest absolute Gasteiger partial charge is 0.339 e. The molecule has 1 aliphatic rings. The number of rotatable bonds is 2. The van der Waals surface area contributed by atoms with Crippen LogP contribution in [0.5, 0.6) is 0 Å². The molecule has 0 unspecified atom stereocenters. The highest BCUT2D eigenvalue weighted by Crippen LogP contribution is 2.35. The highest BCUT2D eigenvalue weighted by atomic mass is 32.1. The van der Waals surface area contributed by atoms with Crippen molar-refractivity contribution in [1.29, 1.82) is 5.26 Å². The van der Waals surface area contributed by atoms with Gasteiger partial charge < -0.3 is 4.90 Å². The van der Waals surface area contributed by atoms with E-state index in [1.54, 1.807) is 16.8 Å². The molecule has 2 aromatic carbocycles. The summed E-state index contributed by atoms with van der Waals surface area (Å²) < 4.78 is 1.03. The highest BCUT2D eigenvalue weighted by molar-refractivity contribution is 7.16. The fraction of sp³-hybridized carbons (Fsp3) is 0.250. The van der Waals surface area contributed by atoms with Crippen molar-refractivity contribution in [2.75, 3.05) is 13.1 Å². The number of benzene rings is 2. The molecule has 0 bridgehead atoms. The van der Waals surface area contributed by atoms with Crippen LogP contribution in [0.4, 0.5) is 0 Å². The third kappa shape index (κ3) is 2.79. The first-order valence-electron chi connectivity index (χ1n) is 8.31. The lowest BCUT2D eigenvalue weighted by Crippen LogP contribution is -2.44. The quantitative estimate of drug-likeness (QED) is 0.704. The summed E-state index contributed by atoms with van der Waals surface area (Å²) >= 11 is 1.54. The number of carbonyl (C=O) groups is 1. The van der Waals surface area contributed by atoms with Crippen molar-refractivity contribution < 1.29 is 4.79 Å². The summed E-state index contributed by atoms with van der Waals surface area (Å²) in [5.41, 5.74) is 3.98. The zero-order valence-electron chi connectivity index (χ0n) is 13.7. The summed E-state index contributed by atoms with van der Waals surface area (Å²) in [5, 5.41) is 9.77. The summed E-state index contributed by atoms with van der Waals surface area (Å²) in [7, 11) is 0. The molecule has 1 saturated heterocycles. The van der Waals surface area contributed by atoms with E-state index < -0.39 is 5.41 Å². The van der Waals surface area contributed by atoms with Crippen LogP contribution in [0.25, 0.3) is 10.2 Å². The molecular formula is C20H17N3OS. The first-order chi connectivity index (χ1) is 12.2. The second-order valence-electron chi connectivity index (χ2n) is 6.39. The third-order valence-corrected chi connectivity index (χ3v) is 5.81. The normalized spacial score (nSPS) is 16.5. The lowest BCUT2D eigenvalue weighted by atomic mass is 9.74. The van der Waals surface area contributed by atoms with Crippen molar-refractivity contribution in [2.24, 2.45) is 0 Å². The first kappa shape index (κ1) is 15.8. The monoisotopic (exact) mass is 347 g/mol. The Morgan fingerprint density at radius 3 is 2.64 bits per heavy atom. The minimum atomic E-state index is -0.486. The van der Waals surface area contributed by atoms with Crippen LogP contribution in [0.15, 0.2) is 54.0 Å². The van der Waals surface area contributed by atoms with Gasteiger partial charge in [-0.05, 0) is 36.6 Å². The second kappa shape index (κ2) is 6.30. The number of piperidine rings is 1. The Hall–Kier alpha value is -2.71. The fourth-order valence-corrected chi connectivity index (χ4v) is 4.20. The molecular weight excluding hydrogens is 330 g/mol. The zero-order valence-corrected chi connectivity index (χ0v) is 14.5. The molecule has 3 aromatic rings. The van der Waals surface area contributed by atoms with E-state index >= 15 is 0 Å². The molecule has 5 heteroatoms. The van der Waals surface area contributed by atoms with Gasteiger partial charge in [0, 0.05) is 18.7 Å². The van der Waals surface area contributed by atoms with E-state index in [-0.39, 0.29) is 5.91 Å². The van der Waals surface area contributed by atoms with Crippen molar-refractivity contribution >= 4 is 27.5 Å². The number of amides is 1. The van der Waals surface area contributed by atoms with Crippen LogP contribution in [0.2, 0.25) is 0 Å². The number of nitrogens with zero attached hydrogens (tertiary/aromatic N) is 3. The molecule has 0 radical (unpaired) electrons. The number of thiazole rings is 1. The Kier molecular flexibility index (Phi) is 3.98. The lowest BCUT2D eigenvalue weighted by Gasteiger charge is -2.37. The fourth-order valence-electron chi connectivity index (χ4n) is 3.48. The molecule has 0 N–H and O–H groups in total. The van der Waals surface area contributed by atoms with Crippen molar-refractivity contribution in [1.82, 2.24) is 9.88 Å². The second-order valence-corrected chi connectivity index (χ2v) is 7.27. The van der Waals surface area contributed by atoms with Crippen LogP contribution in [0.1, 0.15) is 28.8 Å². The standard InChI is InChI=1S/C20H17N3OS/c21-13-20(16-4-2-1-3-5-16)8-10-23(11-9-20)19(24)15-6-7-17-18(12-15)25-14-22-17/h1-7,12,14H,8-11H2. The van der Waals surface area contributed by atoms with Gasteiger partial charge in [-0.3, -0.25) is 4.79 Å². The topological polar surface area (TPSA) is 57.0 Å². The Morgan fingerprint density at radius 2 is 1.92 bits per heavy atom. The highest BCUT2D eigenvalue weighted by Gasteiger charge is 2.37. The van der Waals surface area contributed by atoms with E-state index in [2.05, 4.69) is 11.1 Å². The maximum absolute atomic E-state index is 12.8. The Bertz CT molecular complexity index is 950. The maximum Gasteiger partial charge on any atom is 0.253 e. The van der Waals surface area contributed by atoms with E-state index in [0.717, 1.165) is 15.8 Å². The number of likely N-dealkylation sites (tertiary alicyclic amines) is 1. The molecule has 4 nitrogen and oxygen atoms in total. The molecule has 4 rings (SSSR count). The first-order valence-corrected chi connectivity index (χ1v) is 9.19. The summed E-state index contributed by atoms with van der Waals surface area (Å²) in [6.07, 6.45) is 1.34. The molecule has 1 fully saturated rings. The van der Waals surface area contributed by atoms with Gasteiger partial charge in [0.05, 0.1) is 27.2 Å². The average Bonchev–Trinajstić information content (AvgIpc) is 3.16. The minimum Gasteiger partial charge on any atom is -0.339 e. The zero-order chi connectivity index (χ0) is 17.3. The summed E-state index contributed by atoms with van der Waals surface area (Å²) in [4.78, 5) is 18.9. The number of fused-ring (bicyclic) bond motifs is 1. The van der Waals surface area contributed by atoms with Crippen LogP contribution >= 0.6 is 11.3 Å². The van der Waals surface area contributed by atoms with Gasteiger partial charge in [-0.25, -0.2) is 4.98 Å². The molecule has 0 saturated carbocycles. The Balaban J connectivity index is 1.53. The summed E-state index contributed by atoms with van der Waals surface area (Å²) in [5.74, 6) is 0.0369. The number of aromatic nitrogens is 1. The van der Waals surface area contributed by atoms with Gasteiger partial charge in [0.1, 0.15) is 0 Å². The molecule has 0 atom stereocenters. The summed E-state index contributed by atoms with van der Waals surface area (Å²) in [6.45, 7) is 1.20. The molecule has 0 aliphatic carbocycles. The van der Waals surface area contributed by atoms with E-state index in [1.807, 2.05) is 53.4 Å². The van der Waals surface area contributed by atoms with Gasteiger partial charge in [-0.2, -0.15) is 5.26 Å². The van der Waals surface area contributed by atoms with Crippen LogP contribution in [0.3, 0.4) is 0 Å². The van der Waals surface area contributed by atoms with E-state index in [9.17, 15) is 10.1 Å². The van der Waals surface area contributed by atoms with Gasteiger partial charge in [-0.15, -0.1) is 11.3 Å². The molecule has 1 amide bonds. The van der Waals surface area contributed by atoms with Gasteiger partial charge >= 0.3 is 0 Å². The van der Waals surface area contributed by atoms with Crippen molar-refractivity contribution in [2.45, 2.75) is 18.3 Å². The van der Waals surface area contributed by atoms with Crippen LogP contribution in [-0.4, -0.2) is 28.9 Å². The molecule has 124 valence electrons. The smallest absolute Gasteiger partial charge is 0.253 e. The van der Waals surface area contributed by atoms with Gasteiger partial charge in [0.25, 0.3) is 5.91 Å². The van der Waals surface area contributed by atoms with E-state index in [0.29, 0.717) is 31.5 Å². The molecule has 0 spiro atoms. The van der Waals surface area contributed by atoms with Gasteiger partial charge in [-0.1, -0.05) is 30.3 Å². The number of carbonyl (C=O) groups excluding carboxylic acids is 1. The van der Waals surface area contributed by atoms with Gasteiger partial charge in [0.2, 0.25) is 0 Å². The van der Waals surface area contributed by atoms with E-state index in [1.165, 1.54) is 0 Å². The average molecular weight is 347 g/mol. The molecule has 25 heavy (non-hydrogen) atoms. The lowest BCUT2D eigenvalue weighted by molar-refractivity contribution is 0.0692. The predicted octanol–water partition coefficient (Wildman–Crippen LogP) is 3.99. The van der Waals surface area contributed by atoms with Crippen LogP contribution in [-0.2, 0) is 5.41 Å². The Labute approximate surface area is 150 Å². The molecule has 1 aliphatic heterocycles. The Morgan fingerprint density at radius 1 is 1.16 bits per heavy atom. The SMILES string of the molecule is N#CC1(c2ccccc2)CCN(C(=O)c2ccc3ncsc3c2)CC1.